The molecule has 0 amide bonds. The van der Waals surface area contributed by atoms with Gasteiger partial charge in [-0.15, -0.1) is 0 Å². The Labute approximate surface area is 116 Å². The summed E-state index contributed by atoms with van der Waals surface area (Å²) in [7, 11) is 0. The van der Waals surface area contributed by atoms with E-state index < -0.39 is 0 Å². The molecular formula is C13H9BrFN3O. The van der Waals surface area contributed by atoms with Crippen molar-refractivity contribution in [3.8, 4) is 17.1 Å². The molecule has 4 N–H and O–H groups in total. The van der Waals surface area contributed by atoms with Crippen LogP contribution in [0.1, 0.15) is 0 Å². The number of aromatic nitrogens is 2. The number of fused-ring (bicyclic) bond motifs is 1. The quantitative estimate of drug-likeness (QED) is 0.475. The van der Waals surface area contributed by atoms with Crippen LogP contribution >= 0.6 is 15.9 Å². The maximum absolute atomic E-state index is 13.4. The third-order valence-electron chi connectivity index (χ3n) is 2.85. The summed E-state index contributed by atoms with van der Waals surface area (Å²) in [6.45, 7) is 0. The molecule has 0 atom stereocenters. The van der Waals surface area contributed by atoms with Crippen molar-refractivity contribution in [1.82, 2.24) is 9.97 Å². The maximum atomic E-state index is 13.4. The predicted octanol–water partition coefficient (Wildman–Crippen LogP) is 3.42. The number of phenols is 1. The van der Waals surface area contributed by atoms with E-state index in [1.54, 1.807) is 24.3 Å². The number of phenolic OH excluding ortho intramolecular Hbond substituents is 1. The van der Waals surface area contributed by atoms with Gasteiger partial charge in [0.05, 0.1) is 26.8 Å². The van der Waals surface area contributed by atoms with E-state index >= 15 is 0 Å². The molecule has 0 fully saturated rings. The van der Waals surface area contributed by atoms with Gasteiger partial charge in [-0.1, -0.05) is 6.07 Å². The molecule has 0 radical (unpaired) electrons. The van der Waals surface area contributed by atoms with Crippen molar-refractivity contribution >= 4 is 32.7 Å². The monoisotopic (exact) mass is 321 g/mol. The van der Waals surface area contributed by atoms with Crippen molar-refractivity contribution < 1.29 is 9.50 Å². The summed E-state index contributed by atoms with van der Waals surface area (Å²) in [4.78, 5) is 7.28. The van der Waals surface area contributed by atoms with Crippen LogP contribution in [0.5, 0.6) is 5.75 Å². The fourth-order valence-corrected chi connectivity index (χ4v) is 2.22. The highest BCUT2D eigenvalue weighted by Gasteiger charge is 2.12. The predicted molar refractivity (Wildman–Crippen MR) is 75.3 cm³/mol. The number of halogens is 2. The summed E-state index contributed by atoms with van der Waals surface area (Å²) in [5, 5.41) is 9.92. The van der Waals surface area contributed by atoms with Gasteiger partial charge in [0, 0.05) is 6.07 Å². The topological polar surface area (TPSA) is 74.9 Å². The van der Waals surface area contributed by atoms with Gasteiger partial charge in [0.25, 0.3) is 0 Å². The Morgan fingerprint density at radius 1 is 1.32 bits per heavy atom. The number of aromatic hydroxyl groups is 1. The maximum Gasteiger partial charge on any atom is 0.149 e. The number of aromatic amines is 1. The summed E-state index contributed by atoms with van der Waals surface area (Å²) in [5.74, 6) is 0.0258. The lowest BCUT2D eigenvalue weighted by Crippen LogP contribution is -1.88. The SMILES string of the molecule is Nc1cccc(-c2nc3cc(Br)c(F)cc3[nH]2)c1O. The summed E-state index contributed by atoms with van der Waals surface area (Å²) >= 11 is 3.11. The number of hydrogen-bond donors (Lipinski definition) is 3. The van der Waals surface area contributed by atoms with E-state index in [0.29, 0.717) is 26.9 Å². The molecule has 3 aromatic rings. The first-order chi connectivity index (χ1) is 9.06. The van der Waals surface area contributed by atoms with Gasteiger partial charge in [-0.3, -0.25) is 0 Å². The Morgan fingerprint density at radius 3 is 2.89 bits per heavy atom. The zero-order valence-electron chi connectivity index (χ0n) is 9.61. The largest absolute Gasteiger partial charge is 0.505 e. The van der Waals surface area contributed by atoms with E-state index in [1.165, 1.54) is 6.07 Å². The van der Waals surface area contributed by atoms with E-state index in [4.69, 9.17) is 5.73 Å². The smallest absolute Gasteiger partial charge is 0.149 e. The Balaban J connectivity index is 2.23. The molecule has 0 aliphatic rings. The molecule has 6 heteroatoms. The number of para-hydroxylation sites is 1. The average Bonchev–Trinajstić information content (AvgIpc) is 2.76. The Bertz CT molecular complexity index is 746. The molecule has 1 aromatic heterocycles. The average molecular weight is 322 g/mol. The highest BCUT2D eigenvalue weighted by Crippen LogP contribution is 2.33. The number of nitrogen functional groups attached to an aromatic ring is 1. The number of benzene rings is 2. The van der Waals surface area contributed by atoms with Crippen molar-refractivity contribution in [3.63, 3.8) is 0 Å². The lowest BCUT2D eigenvalue weighted by molar-refractivity contribution is 0.479. The Kier molecular flexibility index (Phi) is 2.67. The second kappa shape index (κ2) is 4.24. The van der Waals surface area contributed by atoms with Gasteiger partial charge in [-0.2, -0.15) is 0 Å². The second-order valence-corrected chi connectivity index (χ2v) is 4.97. The van der Waals surface area contributed by atoms with Crippen molar-refractivity contribution in [2.75, 3.05) is 5.73 Å². The van der Waals surface area contributed by atoms with Crippen LogP contribution < -0.4 is 5.73 Å². The molecule has 0 bridgehead atoms. The molecule has 0 saturated heterocycles. The summed E-state index contributed by atoms with van der Waals surface area (Å²) in [6, 6.07) is 7.92. The van der Waals surface area contributed by atoms with Gasteiger partial charge in [0.2, 0.25) is 0 Å². The molecule has 19 heavy (non-hydrogen) atoms. The molecule has 0 aliphatic heterocycles. The fourth-order valence-electron chi connectivity index (χ4n) is 1.88. The fraction of sp³-hybridized carbons (Fsp3) is 0. The number of H-pyrrole nitrogens is 1. The van der Waals surface area contributed by atoms with Crippen LogP contribution in [-0.2, 0) is 0 Å². The lowest BCUT2D eigenvalue weighted by Gasteiger charge is -2.03. The van der Waals surface area contributed by atoms with Gasteiger partial charge in [0.1, 0.15) is 17.4 Å². The molecular weight excluding hydrogens is 313 g/mol. The van der Waals surface area contributed by atoms with Crippen molar-refractivity contribution in [2.24, 2.45) is 0 Å². The van der Waals surface area contributed by atoms with Crippen molar-refractivity contribution in [3.05, 3.63) is 40.6 Å². The van der Waals surface area contributed by atoms with Crippen LogP contribution in [0.4, 0.5) is 10.1 Å². The molecule has 0 aliphatic carbocycles. The molecule has 0 saturated carbocycles. The molecule has 1 heterocycles. The number of nitrogens with one attached hydrogen (secondary N) is 1. The van der Waals surface area contributed by atoms with E-state index in [-0.39, 0.29) is 17.3 Å². The standard InChI is InChI=1S/C13H9BrFN3O/c14-7-4-10-11(5-8(7)15)18-13(17-10)6-2-1-3-9(16)12(6)19/h1-5,19H,16H2,(H,17,18). The summed E-state index contributed by atoms with van der Waals surface area (Å²) in [6.07, 6.45) is 0. The van der Waals surface area contributed by atoms with Crippen molar-refractivity contribution in [1.29, 1.82) is 0 Å². The van der Waals surface area contributed by atoms with Crippen LogP contribution in [0.3, 0.4) is 0 Å². The molecule has 2 aromatic carbocycles. The highest BCUT2D eigenvalue weighted by atomic mass is 79.9. The Hall–Kier alpha value is -2.08. The van der Waals surface area contributed by atoms with Crippen LogP contribution in [0.15, 0.2) is 34.8 Å². The van der Waals surface area contributed by atoms with E-state index in [0.717, 1.165) is 0 Å². The lowest BCUT2D eigenvalue weighted by atomic mass is 10.1. The van der Waals surface area contributed by atoms with Gasteiger partial charge < -0.3 is 15.8 Å². The number of rotatable bonds is 1. The normalized spacial score (nSPS) is 11.1. The Morgan fingerprint density at radius 2 is 2.11 bits per heavy atom. The summed E-state index contributed by atoms with van der Waals surface area (Å²) in [5.41, 5.74) is 7.54. The van der Waals surface area contributed by atoms with Gasteiger partial charge in [0.15, 0.2) is 0 Å². The minimum Gasteiger partial charge on any atom is -0.505 e. The first kappa shape index (κ1) is 12.0. The van der Waals surface area contributed by atoms with Crippen LogP contribution in [0.2, 0.25) is 0 Å². The number of nitrogens with zero attached hydrogens (tertiary/aromatic N) is 1. The van der Waals surface area contributed by atoms with Crippen LogP contribution in [0, 0.1) is 5.82 Å². The van der Waals surface area contributed by atoms with E-state index in [1.807, 2.05) is 0 Å². The number of hydrogen-bond acceptors (Lipinski definition) is 3. The molecule has 4 nitrogen and oxygen atoms in total. The number of nitrogens with two attached hydrogens (primary N) is 1. The van der Waals surface area contributed by atoms with Crippen LogP contribution in [-0.4, -0.2) is 15.1 Å². The molecule has 0 unspecified atom stereocenters. The first-order valence-corrected chi connectivity index (χ1v) is 6.28. The third kappa shape index (κ3) is 1.94. The minimum absolute atomic E-state index is 0.0407. The second-order valence-electron chi connectivity index (χ2n) is 4.11. The zero-order valence-corrected chi connectivity index (χ0v) is 11.2. The molecule has 0 spiro atoms. The number of imidazole rings is 1. The van der Waals surface area contributed by atoms with E-state index in [2.05, 4.69) is 25.9 Å². The van der Waals surface area contributed by atoms with Crippen LogP contribution in [0.25, 0.3) is 22.4 Å². The number of anilines is 1. The summed E-state index contributed by atoms with van der Waals surface area (Å²) < 4.78 is 13.8. The first-order valence-electron chi connectivity index (χ1n) is 5.49. The molecule has 96 valence electrons. The third-order valence-corrected chi connectivity index (χ3v) is 3.45. The van der Waals surface area contributed by atoms with Gasteiger partial charge in [-0.05, 0) is 34.1 Å². The van der Waals surface area contributed by atoms with E-state index in [9.17, 15) is 9.50 Å². The minimum atomic E-state index is -0.375. The molecule has 3 rings (SSSR count). The van der Waals surface area contributed by atoms with Gasteiger partial charge in [-0.25, -0.2) is 9.37 Å². The highest BCUT2D eigenvalue weighted by molar-refractivity contribution is 9.10. The van der Waals surface area contributed by atoms with Gasteiger partial charge >= 0.3 is 0 Å². The zero-order chi connectivity index (χ0) is 13.6. The van der Waals surface area contributed by atoms with Crippen molar-refractivity contribution in [2.45, 2.75) is 0 Å².